The molecule has 0 aliphatic heterocycles. The smallest absolute Gasteiger partial charge is 0.243 e. The van der Waals surface area contributed by atoms with E-state index in [0.29, 0.717) is 31.6 Å². The zero-order valence-electron chi connectivity index (χ0n) is 15.2. The molecule has 7 heteroatoms. The Hall–Kier alpha value is -2.25. The van der Waals surface area contributed by atoms with Crippen molar-refractivity contribution in [3.63, 3.8) is 0 Å². The minimum atomic E-state index is -3.59. The van der Waals surface area contributed by atoms with Gasteiger partial charge in [-0.25, -0.2) is 8.42 Å². The molecule has 1 aromatic carbocycles. The van der Waals surface area contributed by atoms with Gasteiger partial charge in [-0.05, 0) is 42.8 Å². The number of carbonyl (C=O) groups excluding carboxylic acids is 1. The van der Waals surface area contributed by atoms with E-state index in [9.17, 15) is 13.2 Å². The van der Waals surface area contributed by atoms with E-state index in [1.807, 2.05) is 25.1 Å². The Labute approximate surface area is 155 Å². The topological polar surface area (TPSA) is 79.4 Å². The number of benzene rings is 1. The van der Waals surface area contributed by atoms with E-state index < -0.39 is 10.0 Å². The van der Waals surface area contributed by atoms with E-state index in [0.717, 1.165) is 12.1 Å². The quantitative estimate of drug-likeness (QED) is 0.730. The largest absolute Gasteiger partial charge is 0.326 e. The highest BCUT2D eigenvalue weighted by molar-refractivity contribution is 7.89. The molecule has 0 atom stereocenters. The third kappa shape index (κ3) is 5.37. The van der Waals surface area contributed by atoms with Crippen LogP contribution in [0.25, 0.3) is 0 Å². The van der Waals surface area contributed by atoms with E-state index >= 15 is 0 Å². The first kappa shape index (κ1) is 20.1. The lowest BCUT2D eigenvalue weighted by atomic mass is 10.3. The molecular weight excluding hydrogens is 350 g/mol. The molecule has 0 aliphatic carbocycles. The van der Waals surface area contributed by atoms with Crippen LogP contribution in [-0.4, -0.2) is 36.7 Å². The monoisotopic (exact) mass is 375 g/mol. The van der Waals surface area contributed by atoms with Gasteiger partial charge in [0.25, 0.3) is 0 Å². The summed E-state index contributed by atoms with van der Waals surface area (Å²) in [5.41, 5.74) is 1.45. The highest BCUT2D eigenvalue weighted by Gasteiger charge is 2.23. The van der Waals surface area contributed by atoms with Crippen molar-refractivity contribution in [1.82, 2.24) is 9.29 Å². The molecule has 1 amide bonds. The maximum absolute atomic E-state index is 13.0. The Morgan fingerprint density at radius 3 is 2.38 bits per heavy atom. The number of anilines is 1. The molecule has 1 heterocycles. The highest BCUT2D eigenvalue weighted by Crippen LogP contribution is 2.19. The molecule has 6 nitrogen and oxygen atoms in total. The van der Waals surface area contributed by atoms with Crippen LogP contribution < -0.4 is 5.32 Å². The predicted octanol–water partition coefficient (Wildman–Crippen LogP) is 3.07. The highest BCUT2D eigenvalue weighted by atomic mass is 32.2. The van der Waals surface area contributed by atoms with Crippen LogP contribution in [0.3, 0.4) is 0 Å². The summed E-state index contributed by atoms with van der Waals surface area (Å²) >= 11 is 0. The van der Waals surface area contributed by atoms with Crippen LogP contribution in [0.5, 0.6) is 0 Å². The molecule has 0 spiro atoms. The van der Waals surface area contributed by atoms with E-state index in [1.165, 1.54) is 16.4 Å². The van der Waals surface area contributed by atoms with Crippen molar-refractivity contribution in [2.24, 2.45) is 0 Å². The van der Waals surface area contributed by atoms with Gasteiger partial charge in [-0.1, -0.05) is 19.9 Å². The molecule has 140 valence electrons. The van der Waals surface area contributed by atoms with Gasteiger partial charge < -0.3 is 5.32 Å². The number of rotatable bonds is 9. The van der Waals surface area contributed by atoms with Crippen LogP contribution in [0.15, 0.2) is 53.6 Å². The summed E-state index contributed by atoms with van der Waals surface area (Å²) in [4.78, 5) is 15.9. The fourth-order valence-electron chi connectivity index (χ4n) is 2.50. The van der Waals surface area contributed by atoms with Crippen molar-refractivity contribution in [3.8, 4) is 0 Å². The SMILES string of the molecule is CCCN(CCc1ccccn1)S(=O)(=O)c1ccc(NC(=O)CC)cc1. The van der Waals surface area contributed by atoms with Gasteiger partial charge in [0.2, 0.25) is 15.9 Å². The lowest BCUT2D eigenvalue weighted by Gasteiger charge is -2.21. The molecule has 0 unspecified atom stereocenters. The number of carbonyl (C=O) groups is 1. The molecule has 0 radical (unpaired) electrons. The second kappa shape index (κ2) is 9.45. The minimum Gasteiger partial charge on any atom is -0.326 e. The van der Waals surface area contributed by atoms with Gasteiger partial charge >= 0.3 is 0 Å². The summed E-state index contributed by atoms with van der Waals surface area (Å²) in [7, 11) is -3.59. The molecular formula is C19H25N3O3S. The summed E-state index contributed by atoms with van der Waals surface area (Å²) in [5, 5.41) is 2.72. The fourth-order valence-corrected chi connectivity index (χ4v) is 4.03. The molecule has 2 aromatic rings. The maximum atomic E-state index is 13.0. The molecule has 1 aromatic heterocycles. The number of hydrogen-bond acceptors (Lipinski definition) is 4. The number of aromatic nitrogens is 1. The molecule has 1 N–H and O–H groups in total. The van der Waals surface area contributed by atoms with Crippen molar-refractivity contribution < 1.29 is 13.2 Å². The van der Waals surface area contributed by atoms with Crippen LogP contribution in [-0.2, 0) is 21.2 Å². The third-order valence-corrected chi connectivity index (χ3v) is 5.83. The summed E-state index contributed by atoms with van der Waals surface area (Å²) in [6.45, 7) is 4.54. The van der Waals surface area contributed by atoms with Gasteiger partial charge in [0.15, 0.2) is 0 Å². The lowest BCUT2D eigenvalue weighted by molar-refractivity contribution is -0.115. The van der Waals surface area contributed by atoms with Crippen LogP contribution in [0.1, 0.15) is 32.4 Å². The van der Waals surface area contributed by atoms with Crippen molar-refractivity contribution in [1.29, 1.82) is 0 Å². The number of hydrogen-bond donors (Lipinski definition) is 1. The first-order valence-electron chi connectivity index (χ1n) is 8.77. The van der Waals surface area contributed by atoms with Crippen LogP contribution in [0, 0.1) is 0 Å². The Morgan fingerprint density at radius 1 is 1.08 bits per heavy atom. The van der Waals surface area contributed by atoms with Gasteiger partial charge in [-0.2, -0.15) is 4.31 Å². The normalized spacial score (nSPS) is 11.5. The van der Waals surface area contributed by atoms with Gasteiger partial charge in [-0.3, -0.25) is 9.78 Å². The van der Waals surface area contributed by atoms with Gasteiger partial charge in [-0.15, -0.1) is 0 Å². The summed E-state index contributed by atoms with van der Waals surface area (Å²) in [5.74, 6) is -0.108. The summed E-state index contributed by atoms with van der Waals surface area (Å²) in [6, 6.07) is 11.9. The maximum Gasteiger partial charge on any atom is 0.243 e. The molecule has 0 bridgehead atoms. The Morgan fingerprint density at radius 2 is 1.81 bits per heavy atom. The number of nitrogens with one attached hydrogen (secondary N) is 1. The lowest BCUT2D eigenvalue weighted by Crippen LogP contribution is -2.33. The van der Waals surface area contributed by atoms with Gasteiger partial charge in [0, 0.05) is 43.5 Å². The fraction of sp³-hybridized carbons (Fsp3) is 0.368. The second-order valence-corrected chi connectivity index (χ2v) is 7.84. The van der Waals surface area contributed by atoms with Crippen molar-refractivity contribution >= 4 is 21.6 Å². The van der Waals surface area contributed by atoms with E-state index in [4.69, 9.17) is 0 Å². The minimum absolute atomic E-state index is 0.108. The summed E-state index contributed by atoms with van der Waals surface area (Å²) in [6.07, 6.45) is 3.37. The zero-order chi connectivity index (χ0) is 19.0. The number of nitrogens with zero attached hydrogens (tertiary/aromatic N) is 2. The molecule has 26 heavy (non-hydrogen) atoms. The number of sulfonamides is 1. The van der Waals surface area contributed by atoms with Crippen LogP contribution >= 0.6 is 0 Å². The molecule has 0 saturated carbocycles. The molecule has 2 rings (SSSR count). The third-order valence-electron chi connectivity index (χ3n) is 3.91. The number of amides is 1. The number of pyridine rings is 1. The predicted molar refractivity (Wildman–Crippen MR) is 102 cm³/mol. The van der Waals surface area contributed by atoms with E-state index in [2.05, 4.69) is 10.3 Å². The van der Waals surface area contributed by atoms with E-state index in [-0.39, 0.29) is 10.8 Å². The average Bonchev–Trinajstić information content (AvgIpc) is 2.66. The van der Waals surface area contributed by atoms with Crippen molar-refractivity contribution in [2.75, 3.05) is 18.4 Å². The van der Waals surface area contributed by atoms with Crippen LogP contribution in [0.4, 0.5) is 5.69 Å². The molecule has 0 aliphatic rings. The standard InChI is InChI=1S/C19H25N3O3S/c1-3-14-22(15-12-16-7-5-6-13-20-16)26(24,25)18-10-8-17(9-11-18)21-19(23)4-2/h5-11,13H,3-4,12,14-15H2,1-2H3,(H,21,23). The van der Waals surface area contributed by atoms with E-state index in [1.54, 1.807) is 25.3 Å². The Kier molecular flexibility index (Phi) is 7.29. The Balaban J connectivity index is 2.14. The van der Waals surface area contributed by atoms with Crippen molar-refractivity contribution in [2.45, 2.75) is 38.0 Å². The van der Waals surface area contributed by atoms with Crippen molar-refractivity contribution in [3.05, 3.63) is 54.4 Å². The summed E-state index contributed by atoms with van der Waals surface area (Å²) < 4.78 is 27.4. The van der Waals surface area contributed by atoms with Crippen LogP contribution in [0.2, 0.25) is 0 Å². The molecule has 0 saturated heterocycles. The first-order valence-corrected chi connectivity index (χ1v) is 10.2. The zero-order valence-corrected chi connectivity index (χ0v) is 16.0. The van der Waals surface area contributed by atoms with Gasteiger partial charge in [0.05, 0.1) is 4.90 Å². The average molecular weight is 375 g/mol. The first-order chi connectivity index (χ1) is 12.5. The second-order valence-electron chi connectivity index (χ2n) is 5.90. The Bertz CT molecular complexity index is 806. The van der Waals surface area contributed by atoms with Gasteiger partial charge in [0.1, 0.15) is 0 Å². The molecule has 0 fully saturated rings.